The maximum Gasteiger partial charge on any atom is 0.225 e. The Bertz CT molecular complexity index is 474. The molecule has 2 atom stereocenters. The maximum absolute atomic E-state index is 12.6. The van der Waals surface area contributed by atoms with Gasteiger partial charge in [-0.2, -0.15) is 0 Å². The van der Waals surface area contributed by atoms with Gasteiger partial charge >= 0.3 is 0 Å². The number of hydrogen-bond donors (Lipinski definition) is 3. The number of carbonyl (C=O) groups is 2. The highest BCUT2D eigenvalue weighted by molar-refractivity contribution is 5.88. The van der Waals surface area contributed by atoms with Crippen LogP contribution in [0.1, 0.15) is 142 Å². The topological polar surface area (TPSA) is 70.2 Å². The van der Waals surface area contributed by atoms with Crippen molar-refractivity contribution in [3.63, 3.8) is 0 Å². The molecule has 1 saturated heterocycles. The van der Waals surface area contributed by atoms with E-state index in [0.717, 1.165) is 25.9 Å². The first-order valence-corrected chi connectivity index (χ1v) is 15.5. The van der Waals surface area contributed by atoms with Crippen molar-refractivity contribution in [3.05, 3.63) is 0 Å². The van der Waals surface area contributed by atoms with Gasteiger partial charge in [0.05, 0.1) is 11.8 Å². The molecule has 0 aliphatic carbocycles. The van der Waals surface area contributed by atoms with Gasteiger partial charge in [0.2, 0.25) is 11.8 Å². The van der Waals surface area contributed by atoms with Gasteiger partial charge in [-0.05, 0) is 12.8 Å². The molecule has 1 heterocycles. The molecule has 5 nitrogen and oxygen atoms in total. The van der Waals surface area contributed by atoms with Gasteiger partial charge in [0.25, 0.3) is 0 Å². The van der Waals surface area contributed by atoms with Gasteiger partial charge in [0, 0.05) is 26.2 Å². The van der Waals surface area contributed by atoms with Gasteiger partial charge < -0.3 is 16.0 Å². The first-order valence-electron chi connectivity index (χ1n) is 15.5. The van der Waals surface area contributed by atoms with E-state index < -0.39 is 0 Å². The monoisotopic (exact) mass is 529 g/mol. The van der Waals surface area contributed by atoms with Gasteiger partial charge in [-0.3, -0.25) is 9.59 Å². The minimum absolute atomic E-state index is 0. The Labute approximate surface area is 229 Å². The molecule has 0 unspecified atom stereocenters. The molecule has 1 aliphatic heterocycles. The van der Waals surface area contributed by atoms with E-state index in [1.165, 1.54) is 116 Å². The summed E-state index contributed by atoms with van der Waals surface area (Å²) in [5, 5.41) is 9.42. The summed E-state index contributed by atoms with van der Waals surface area (Å²) in [4.78, 5) is 25.3. The summed E-state index contributed by atoms with van der Waals surface area (Å²) in [6.45, 7) is 7.21. The molecule has 0 aromatic rings. The van der Waals surface area contributed by atoms with E-state index in [2.05, 4.69) is 29.8 Å². The summed E-state index contributed by atoms with van der Waals surface area (Å²) >= 11 is 0. The summed E-state index contributed by atoms with van der Waals surface area (Å²) in [5.41, 5.74) is 0. The molecular weight excluding hydrogens is 470 g/mol. The van der Waals surface area contributed by atoms with Crippen LogP contribution in [0.25, 0.3) is 0 Å². The Hall–Kier alpha value is -0.810. The molecular formula is C30H60ClN3O2. The minimum Gasteiger partial charge on any atom is -0.356 e. The quantitative estimate of drug-likeness (QED) is 0.115. The first kappa shape index (κ1) is 35.2. The van der Waals surface area contributed by atoms with Crippen LogP contribution < -0.4 is 16.0 Å². The molecule has 6 heteroatoms. The molecule has 1 fully saturated rings. The van der Waals surface area contributed by atoms with Crippen molar-refractivity contribution in [2.24, 2.45) is 11.8 Å². The van der Waals surface area contributed by atoms with Crippen molar-refractivity contribution in [2.75, 3.05) is 26.2 Å². The summed E-state index contributed by atoms with van der Waals surface area (Å²) in [6.07, 6.45) is 25.9. The lowest BCUT2D eigenvalue weighted by Crippen LogP contribution is -2.42. The van der Waals surface area contributed by atoms with E-state index in [4.69, 9.17) is 0 Å². The first-order chi connectivity index (χ1) is 17.2. The number of rotatable bonds is 24. The van der Waals surface area contributed by atoms with Gasteiger partial charge in [0.15, 0.2) is 0 Å². The molecule has 0 bridgehead atoms. The maximum atomic E-state index is 12.6. The average Bonchev–Trinajstić information content (AvgIpc) is 3.36. The normalized spacial score (nSPS) is 17.1. The second kappa shape index (κ2) is 25.8. The summed E-state index contributed by atoms with van der Waals surface area (Å²) in [6, 6.07) is 0. The Morgan fingerprint density at radius 1 is 0.528 bits per heavy atom. The zero-order valence-corrected chi connectivity index (χ0v) is 24.7. The van der Waals surface area contributed by atoms with Crippen molar-refractivity contribution in [1.29, 1.82) is 0 Å². The molecule has 36 heavy (non-hydrogen) atoms. The van der Waals surface area contributed by atoms with Crippen molar-refractivity contribution in [1.82, 2.24) is 16.0 Å². The second-order valence-corrected chi connectivity index (χ2v) is 10.8. The third-order valence-electron chi connectivity index (χ3n) is 7.55. The Morgan fingerprint density at radius 2 is 0.806 bits per heavy atom. The lowest BCUT2D eigenvalue weighted by molar-refractivity contribution is -0.132. The van der Waals surface area contributed by atoms with Gasteiger partial charge in [-0.25, -0.2) is 0 Å². The van der Waals surface area contributed by atoms with E-state index in [0.29, 0.717) is 13.1 Å². The van der Waals surface area contributed by atoms with E-state index in [9.17, 15) is 9.59 Å². The second-order valence-electron chi connectivity index (χ2n) is 10.8. The Kier molecular flexibility index (Phi) is 25.2. The van der Waals surface area contributed by atoms with Gasteiger partial charge in [-0.1, -0.05) is 129 Å². The molecule has 1 rings (SSSR count). The third kappa shape index (κ3) is 18.4. The predicted octanol–water partition coefficient (Wildman–Crippen LogP) is 7.32. The largest absolute Gasteiger partial charge is 0.356 e. The summed E-state index contributed by atoms with van der Waals surface area (Å²) in [7, 11) is 0. The van der Waals surface area contributed by atoms with Crippen LogP contribution in [0.2, 0.25) is 0 Å². The molecule has 0 saturated carbocycles. The Morgan fingerprint density at radius 3 is 1.11 bits per heavy atom. The fourth-order valence-electron chi connectivity index (χ4n) is 5.14. The highest BCUT2D eigenvalue weighted by Gasteiger charge is 2.37. The predicted molar refractivity (Wildman–Crippen MR) is 157 cm³/mol. The summed E-state index contributed by atoms with van der Waals surface area (Å²) < 4.78 is 0. The average molecular weight is 530 g/mol. The minimum atomic E-state index is -0.231. The fraction of sp³-hybridized carbons (Fsp3) is 0.933. The molecule has 214 valence electrons. The standard InChI is InChI=1S/C30H59N3O2.ClH/c1-3-5-7-9-11-13-15-17-19-21-23-32-29(34)27-25-31-26-28(27)30(35)33-24-22-20-18-16-14-12-10-8-6-4-2;/h27-28,31H,3-26H2,1-2H3,(H,32,34)(H,33,35);1H/t27-,28-;/m1./s1. The van der Waals surface area contributed by atoms with Crippen molar-refractivity contribution >= 4 is 24.2 Å². The van der Waals surface area contributed by atoms with Crippen LogP contribution in [0.3, 0.4) is 0 Å². The van der Waals surface area contributed by atoms with Gasteiger partial charge in [0.1, 0.15) is 0 Å². The molecule has 0 spiro atoms. The molecule has 3 N–H and O–H groups in total. The zero-order chi connectivity index (χ0) is 25.4. The van der Waals surface area contributed by atoms with Crippen LogP contribution in [0.5, 0.6) is 0 Å². The van der Waals surface area contributed by atoms with Crippen LogP contribution >= 0.6 is 12.4 Å². The third-order valence-corrected chi connectivity index (χ3v) is 7.55. The lowest BCUT2D eigenvalue weighted by Gasteiger charge is -2.18. The van der Waals surface area contributed by atoms with E-state index >= 15 is 0 Å². The number of hydrogen-bond acceptors (Lipinski definition) is 3. The zero-order valence-electron chi connectivity index (χ0n) is 23.9. The van der Waals surface area contributed by atoms with Crippen molar-refractivity contribution in [2.45, 2.75) is 142 Å². The Balaban J connectivity index is 0.0000122. The van der Waals surface area contributed by atoms with Crippen LogP contribution in [0.15, 0.2) is 0 Å². The van der Waals surface area contributed by atoms with Crippen molar-refractivity contribution in [3.8, 4) is 0 Å². The van der Waals surface area contributed by atoms with Crippen LogP contribution in [-0.4, -0.2) is 38.0 Å². The van der Waals surface area contributed by atoms with Gasteiger partial charge in [-0.15, -0.1) is 12.4 Å². The molecule has 2 amide bonds. The van der Waals surface area contributed by atoms with E-state index in [1.54, 1.807) is 0 Å². The SMILES string of the molecule is CCCCCCCCCCCCNC(=O)[C@@H]1CNC[C@H]1C(=O)NCCCCCCCCCCCC.Cl. The van der Waals surface area contributed by atoms with E-state index in [-0.39, 0.29) is 36.1 Å². The molecule has 0 aromatic heterocycles. The molecule has 0 aromatic carbocycles. The van der Waals surface area contributed by atoms with E-state index in [1.807, 2.05) is 0 Å². The van der Waals surface area contributed by atoms with Crippen LogP contribution in [0, 0.1) is 11.8 Å². The highest BCUT2D eigenvalue weighted by Crippen LogP contribution is 2.18. The lowest BCUT2D eigenvalue weighted by atomic mass is 9.94. The highest BCUT2D eigenvalue weighted by atomic mass is 35.5. The number of amides is 2. The number of halogens is 1. The molecule has 1 aliphatic rings. The number of unbranched alkanes of at least 4 members (excludes halogenated alkanes) is 18. The number of carbonyl (C=O) groups excluding carboxylic acids is 2. The van der Waals surface area contributed by atoms with Crippen molar-refractivity contribution < 1.29 is 9.59 Å². The van der Waals surface area contributed by atoms with Crippen LogP contribution in [-0.2, 0) is 9.59 Å². The smallest absolute Gasteiger partial charge is 0.225 e. The molecule has 0 radical (unpaired) electrons. The summed E-state index contributed by atoms with van der Waals surface area (Å²) in [5.74, 6) is -0.369. The van der Waals surface area contributed by atoms with Crippen LogP contribution in [0.4, 0.5) is 0 Å². The fourth-order valence-corrected chi connectivity index (χ4v) is 5.14. The number of nitrogens with one attached hydrogen (secondary N) is 3.